The number of hydrogen-bond acceptors (Lipinski definition) is 2. The number of hydrogen-bond donors (Lipinski definition) is 0. The number of carbonyl (C=O) groups excluding carboxylic acids is 1. The minimum absolute atomic E-state index is 0.243. The molecule has 144 valence electrons. The molecule has 0 aromatic heterocycles. The summed E-state index contributed by atoms with van der Waals surface area (Å²) < 4.78 is 45.0. The molecule has 0 aliphatic heterocycles. The number of rotatable bonds is 5. The van der Waals surface area contributed by atoms with Gasteiger partial charge in [-0.2, -0.15) is 0 Å². The Bertz CT molecular complexity index is 794. The van der Waals surface area contributed by atoms with Crippen LogP contribution in [0.4, 0.5) is 13.2 Å². The fourth-order valence-corrected chi connectivity index (χ4v) is 3.84. The van der Waals surface area contributed by atoms with Crippen molar-refractivity contribution < 1.29 is 22.7 Å². The summed E-state index contributed by atoms with van der Waals surface area (Å²) in [4.78, 5) is 12.0. The topological polar surface area (TPSA) is 26.3 Å². The van der Waals surface area contributed by atoms with Crippen LogP contribution >= 0.6 is 0 Å². The highest BCUT2D eigenvalue weighted by Gasteiger charge is 2.22. The molecule has 0 unspecified atom stereocenters. The number of esters is 1. The van der Waals surface area contributed by atoms with E-state index < -0.39 is 29.0 Å². The monoisotopic (exact) mass is 376 g/mol. The predicted molar refractivity (Wildman–Crippen MR) is 97.3 cm³/mol. The van der Waals surface area contributed by atoms with E-state index in [-0.39, 0.29) is 5.75 Å². The molecule has 0 N–H and O–H groups in total. The van der Waals surface area contributed by atoms with Gasteiger partial charge < -0.3 is 4.74 Å². The molecule has 0 heterocycles. The third-order valence-electron chi connectivity index (χ3n) is 5.34. The Morgan fingerprint density at radius 2 is 1.59 bits per heavy atom. The van der Waals surface area contributed by atoms with Gasteiger partial charge in [-0.3, -0.25) is 0 Å². The van der Waals surface area contributed by atoms with Gasteiger partial charge in [-0.15, -0.1) is 0 Å². The molecule has 1 aliphatic rings. The van der Waals surface area contributed by atoms with E-state index in [0.717, 1.165) is 18.8 Å². The van der Waals surface area contributed by atoms with Crippen molar-refractivity contribution in [1.82, 2.24) is 0 Å². The van der Waals surface area contributed by atoms with Gasteiger partial charge in [0.05, 0.1) is 5.56 Å². The molecule has 2 aromatic carbocycles. The lowest BCUT2D eigenvalue weighted by molar-refractivity contribution is 0.0729. The molecule has 3 rings (SSSR count). The molecule has 0 saturated heterocycles. The molecule has 5 heteroatoms. The van der Waals surface area contributed by atoms with Crippen molar-refractivity contribution in [1.29, 1.82) is 0 Å². The summed E-state index contributed by atoms with van der Waals surface area (Å²) in [5.41, 5.74) is 0.566. The zero-order valence-electron chi connectivity index (χ0n) is 15.3. The van der Waals surface area contributed by atoms with E-state index in [2.05, 4.69) is 6.92 Å². The molecular formula is C22H23F3O2. The largest absolute Gasteiger partial charge is 0.423 e. The minimum Gasteiger partial charge on any atom is -0.423 e. The van der Waals surface area contributed by atoms with Crippen LogP contribution in [0, 0.1) is 23.4 Å². The van der Waals surface area contributed by atoms with Crippen LogP contribution in [0.1, 0.15) is 67.3 Å². The summed E-state index contributed by atoms with van der Waals surface area (Å²) in [5.74, 6) is -3.27. The van der Waals surface area contributed by atoms with Crippen molar-refractivity contribution in [2.24, 2.45) is 5.92 Å². The fraction of sp³-hybridized carbons (Fsp3) is 0.409. The van der Waals surface area contributed by atoms with Crippen molar-refractivity contribution in [3.63, 3.8) is 0 Å². The summed E-state index contributed by atoms with van der Waals surface area (Å²) in [6.07, 6.45) is 7.32. The fourth-order valence-electron chi connectivity index (χ4n) is 3.84. The van der Waals surface area contributed by atoms with Gasteiger partial charge in [-0.1, -0.05) is 31.9 Å². The first kappa shape index (κ1) is 19.5. The normalized spacial score (nSPS) is 19.7. The van der Waals surface area contributed by atoms with E-state index in [9.17, 15) is 18.0 Å². The Morgan fingerprint density at radius 1 is 0.963 bits per heavy atom. The molecule has 0 amide bonds. The second-order valence-corrected chi connectivity index (χ2v) is 7.21. The number of ether oxygens (including phenoxy) is 1. The number of benzene rings is 2. The molecule has 0 bridgehead atoms. The zero-order chi connectivity index (χ0) is 19.4. The molecule has 1 aliphatic carbocycles. The van der Waals surface area contributed by atoms with Crippen molar-refractivity contribution in [2.75, 3.05) is 0 Å². The summed E-state index contributed by atoms with van der Waals surface area (Å²) in [6.45, 7) is 2.22. The van der Waals surface area contributed by atoms with E-state index in [1.165, 1.54) is 31.2 Å². The predicted octanol–water partition coefficient (Wildman–Crippen LogP) is 6.40. The first-order valence-corrected chi connectivity index (χ1v) is 9.44. The summed E-state index contributed by atoms with van der Waals surface area (Å²) >= 11 is 0. The molecular weight excluding hydrogens is 353 g/mol. The molecule has 27 heavy (non-hydrogen) atoms. The van der Waals surface area contributed by atoms with E-state index in [4.69, 9.17) is 4.74 Å². The molecule has 1 saturated carbocycles. The maximum Gasteiger partial charge on any atom is 0.346 e. The zero-order valence-corrected chi connectivity index (χ0v) is 15.3. The summed E-state index contributed by atoms with van der Waals surface area (Å²) in [7, 11) is 0. The summed E-state index contributed by atoms with van der Waals surface area (Å²) in [6, 6.07) is 7.98. The standard InChI is InChI=1S/C22H23F3O2/c1-2-3-14-4-6-15(7-5-14)16-8-10-17(11-9-16)27-22(26)18-12-20(24)21(25)13-19(18)23/h8-15H,2-7H2,1H3. The van der Waals surface area contributed by atoms with Crippen molar-refractivity contribution in [3.8, 4) is 5.75 Å². The maximum atomic E-state index is 13.7. The Balaban J connectivity index is 1.63. The first-order chi connectivity index (χ1) is 13.0. The molecule has 1 fully saturated rings. The quantitative estimate of drug-likeness (QED) is 0.343. The van der Waals surface area contributed by atoms with Crippen LogP contribution < -0.4 is 4.74 Å². The van der Waals surface area contributed by atoms with Gasteiger partial charge >= 0.3 is 5.97 Å². The highest BCUT2D eigenvalue weighted by molar-refractivity contribution is 5.91. The van der Waals surface area contributed by atoms with Crippen LogP contribution in [0.2, 0.25) is 0 Å². The van der Waals surface area contributed by atoms with Crippen LogP contribution in [0.5, 0.6) is 5.75 Å². The molecule has 0 atom stereocenters. The smallest absolute Gasteiger partial charge is 0.346 e. The molecule has 2 aromatic rings. The van der Waals surface area contributed by atoms with Gasteiger partial charge in [-0.05, 0) is 61.3 Å². The molecule has 0 spiro atoms. The van der Waals surface area contributed by atoms with E-state index in [0.29, 0.717) is 18.1 Å². The van der Waals surface area contributed by atoms with E-state index >= 15 is 0 Å². The first-order valence-electron chi connectivity index (χ1n) is 9.44. The van der Waals surface area contributed by atoms with Crippen LogP contribution in [0.15, 0.2) is 36.4 Å². The number of halogens is 3. The van der Waals surface area contributed by atoms with Crippen molar-refractivity contribution >= 4 is 5.97 Å². The Labute approximate surface area is 157 Å². The van der Waals surface area contributed by atoms with Crippen LogP contribution in [-0.2, 0) is 0 Å². The minimum atomic E-state index is -1.35. The second-order valence-electron chi connectivity index (χ2n) is 7.21. The van der Waals surface area contributed by atoms with Gasteiger partial charge in [0.25, 0.3) is 0 Å². The van der Waals surface area contributed by atoms with E-state index in [1.54, 1.807) is 12.1 Å². The van der Waals surface area contributed by atoms with Crippen LogP contribution in [0.25, 0.3) is 0 Å². The average molecular weight is 376 g/mol. The summed E-state index contributed by atoms with van der Waals surface area (Å²) in [5, 5.41) is 0. The van der Waals surface area contributed by atoms with Gasteiger partial charge in [0, 0.05) is 6.07 Å². The lowest BCUT2D eigenvalue weighted by Crippen LogP contribution is -2.13. The third-order valence-corrected chi connectivity index (χ3v) is 5.34. The third kappa shape index (κ3) is 4.71. The van der Waals surface area contributed by atoms with E-state index in [1.807, 2.05) is 12.1 Å². The van der Waals surface area contributed by atoms with Gasteiger partial charge in [-0.25, -0.2) is 18.0 Å². The Hall–Kier alpha value is -2.30. The maximum absolute atomic E-state index is 13.7. The second kappa shape index (κ2) is 8.59. The Morgan fingerprint density at radius 3 is 2.22 bits per heavy atom. The van der Waals surface area contributed by atoms with Gasteiger partial charge in [0.15, 0.2) is 11.6 Å². The lowest BCUT2D eigenvalue weighted by atomic mass is 9.77. The van der Waals surface area contributed by atoms with Crippen LogP contribution in [0.3, 0.4) is 0 Å². The highest BCUT2D eigenvalue weighted by atomic mass is 19.2. The average Bonchev–Trinajstić information content (AvgIpc) is 2.66. The highest BCUT2D eigenvalue weighted by Crippen LogP contribution is 2.37. The van der Waals surface area contributed by atoms with Crippen LogP contribution in [-0.4, -0.2) is 5.97 Å². The number of carbonyl (C=O) groups is 1. The van der Waals surface area contributed by atoms with Gasteiger partial charge in [0.2, 0.25) is 0 Å². The Kier molecular flexibility index (Phi) is 6.19. The van der Waals surface area contributed by atoms with Gasteiger partial charge in [0.1, 0.15) is 11.6 Å². The molecule has 2 nitrogen and oxygen atoms in total. The molecule has 0 radical (unpaired) electrons. The lowest BCUT2D eigenvalue weighted by Gasteiger charge is -2.28. The van der Waals surface area contributed by atoms with Crippen molar-refractivity contribution in [2.45, 2.75) is 51.4 Å². The SMILES string of the molecule is CCCC1CCC(c2ccc(OC(=O)c3cc(F)c(F)cc3F)cc2)CC1. The van der Waals surface area contributed by atoms with Crippen molar-refractivity contribution in [3.05, 3.63) is 65.0 Å².